The molecule has 0 saturated heterocycles. The van der Waals surface area contributed by atoms with Crippen molar-refractivity contribution in [2.45, 2.75) is 45.6 Å². The third kappa shape index (κ3) is 4.42. The number of aliphatic hydroxyl groups is 1. The molecule has 1 aliphatic carbocycles. The first-order valence-corrected chi connectivity index (χ1v) is 7.80. The predicted molar refractivity (Wildman–Crippen MR) is 84.3 cm³/mol. The minimum Gasteiger partial charge on any atom is -0.393 e. The number of hydrogen-bond acceptors (Lipinski definition) is 7. The number of nitrogens with one attached hydrogen (secondary N) is 1. The molecular formula is C14H26N6O. The highest BCUT2D eigenvalue weighted by atomic mass is 16.3. The molecule has 21 heavy (non-hydrogen) atoms. The highest BCUT2D eigenvalue weighted by molar-refractivity contribution is 5.41. The second-order valence-electron chi connectivity index (χ2n) is 5.54. The number of anilines is 3. The largest absolute Gasteiger partial charge is 0.393 e. The van der Waals surface area contributed by atoms with E-state index in [0.29, 0.717) is 17.8 Å². The summed E-state index contributed by atoms with van der Waals surface area (Å²) < 4.78 is 0. The number of nitrogens with zero attached hydrogens (tertiary/aromatic N) is 4. The Hall–Kier alpha value is -1.63. The number of aromatic nitrogens is 3. The van der Waals surface area contributed by atoms with Crippen molar-refractivity contribution in [3.63, 3.8) is 0 Å². The Morgan fingerprint density at radius 3 is 2.43 bits per heavy atom. The van der Waals surface area contributed by atoms with Crippen molar-refractivity contribution in [3.05, 3.63) is 0 Å². The van der Waals surface area contributed by atoms with Crippen molar-refractivity contribution in [1.82, 2.24) is 15.0 Å². The number of nitrogen functional groups attached to an aromatic ring is 1. The van der Waals surface area contributed by atoms with Crippen LogP contribution in [0.1, 0.15) is 39.5 Å². The van der Waals surface area contributed by atoms with Crippen molar-refractivity contribution in [1.29, 1.82) is 0 Å². The van der Waals surface area contributed by atoms with Gasteiger partial charge < -0.3 is 21.1 Å². The lowest BCUT2D eigenvalue weighted by atomic mass is 9.87. The van der Waals surface area contributed by atoms with Crippen molar-refractivity contribution in [2.75, 3.05) is 35.6 Å². The summed E-state index contributed by atoms with van der Waals surface area (Å²) in [5.74, 6) is 1.96. The molecule has 1 fully saturated rings. The number of rotatable bonds is 6. The van der Waals surface area contributed by atoms with Gasteiger partial charge in [-0.3, -0.25) is 0 Å². The van der Waals surface area contributed by atoms with Crippen LogP contribution in [0.25, 0.3) is 0 Å². The topological polar surface area (TPSA) is 100 Å². The first kappa shape index (κ1) is 15.8. The lowest BCUT2D eigenvalue weighted by molar-refractivity contribution is 0.111. The van der Waals surface area contributed by atoms with E-state index in [2.05, 4.69) is 34.1 Å². The van der Waals surface area contributed by atoms with Gasteiger partial charge in [0.15, 0.2) is 0 Å². The van der Waals surface area contributed by atoms with E-state index in [1.807, 2.05) is 4.90 Å². The molecule has 0 atom stereocenters. The first-order valence-electron chi connectivity index (χ1n) is 7.80. The molecule has 1 heterocycles. The third-order valence-corrected chi connectivity index (χ3v) is 4.05. The van der Waals surface area contributed by atoms with Gasteiger partial charge in [-0.05, 0) is 45.4 Å². The lowest BCUT2D eigenvalue weighted by Crippen LogP contribution is -2.27. The standard InChI is InChI=1S/C14H26N6O/c1-3-20(4-2)14-18-12(15)17-13(19-14)16-9-10-5-7-11(21)8-6-10/h10-11,21H,3-9H2,1-2H3,(H3,15,16,17,18,19). The monoisotopic (exact) mass is 294 g/mol. The Morgan fingerprint density at radius 2 is 1.81 bits per heavy atom. The molecular weight excluding hydrogens is 268 g/mol. The smallest absolute Gasteiger partial charge is 0.231 e. The molecule has 7 heteroatoms. The molecule has 1 aromatic rings. The fourth-order valence-electron chi connectivity index (χ4n) is 2.69. The number of hydrogen-bond donors (Lipinski definition) is 3. The van der Waals surface area contributed by atoms with Crippen LogP contribution in [-0.4, -0.2) is 45.8 Å². The summed E-state index contributed by atoms with van der Waals surface area (Å²) in [4.78, 5) is 14.8. The van der Waals surface area contributed by atoms with Crippen LogP contribution in [0.3, 0.4) is 0 Å². The Morgan fingerprint density at radius 1 is 1.14 bits per heavy atom. The SMILES string of the molecule is CCN(CC)c1nc(N)nc(NCC2CCC(O)CC2)n1. The average molecular weight is 294 g/mol. The highest BCUT2D eigenvalue weighted by Gasteiger charge is 2.19. The van der Waals surface area contributed by atoms with E-state index in [-0.39, 0.29) is 12.1 Å². The molecule has 4 N–H and O–H groups in total. The van der Waals surface area contributed by atoms with Crippen LogP contribution in [0.2, 0.25) is 0 Å². The van der Waals surface area contributed by atoms with Crippen LogP contribution in [0.15, 0.2) is 0 Å². The van der Waals surface area contributed by atoms with Crippen molar-refractivity contribution in [2.24, 2.45) is 5.92 Å². The van der Waals surface area contributed by atoms with Gasteiger partial charge in [0.1, 0.15) is 0 Å². The van der Waals surface area contributed by atoms with Gasteiger partial charge in [-0.15, -0.1) is 0 Å². The molecule has 1 saturated carbocycles. The summed E-state index contributed by atoms with van der Waals surface area (Å²) in [6, 6.07) is 0. The molecule has 0 spiro atoms. The lowest BCUT2D eigenvalue weighted by Gasteiger charge is -2.25. The minimum atomic E-state index is -0.122. The normalized spacial score (nSPS) is 22.0. The van der Waals surface area contributed by atoms with Gasteiger partial charge in [0.2, 0.25) is 17.8 Å². The summed E-state index contributed by atoms with van der Waals surface area (Å²) in [7, 11) is 0. The van der Waals surface area contributed by atoms with E-state index >= 15 is 0 Å². The summed E-state index contributed by atoms with van der Waals surface area (Å²) in [6.45, 7) is 6.60. The third-order valence-electron chi connectivity index (χ3n) is 4.05. The molecule has 0 unspecified atom stereocenters. The molecule has 0 bridgehead atoms. The number of nitrogens with two attached hydrogens (primary N) is 1. The van der Waals surface area contributed by atoms with Crippen molar-refractivity contribution >= 4 is 17.8 Å². The molecule has 0 aliphatic heterocycles. The molecule has 118 valence electrons. The van der Waals surface area contributed by atoms with Gasteiger partial charge >= 0.3 is 0 Å². The van der Waals surface area contributed by atoms with Crippen LogP contribution >= 0.6 is 0 Å². The molecule has 2 rings (SSSR count). The molecule has 1 aromatic heterocycles. The minimum absolute atomic E-state index is 0.122. The Bertz CT molecular complexity index is 443. The maximum absolute atomic E-state index is 9.52. The van der Waals surface area contributed by atoms with Crippen molar-refractivity contribution < 1.29 is 5.11 Å². The predicted octanol–water partition coefficient (Wildman–Crippen LogP) is 1.26. The van der Waals surface area contributed by atoms with Crippen LogP contribution < -0.4 is 16.0 Å². The fourth-order valence-corrected chi connectivity index (χ4v) is 2.69. The average Bonchev–Trinajstić information content (AvgIpc) is 2.47. The zero-order valence-electron chi connectivity index (χ0n) is 12.9. The second-order valence-corrected chi connectivity index (χ2v) is 5.54. The molecule has 1 aliphatic rings. The molecule has 0 amide bonds. The van der Waals surface area contributed by atoms with E-state index in [0.717, 1.165) is 45.3 Å². The van der Waals surface area contributed by atoms with E-state index in [4.69, 9.17) is 5.73 Å². The van der Waals surface area contributed by atoms with Gasteiger partial charge in [0.05, 0.1) is 6.10 Å². The van der Waals surface area contributed by atoms with Crippen LogP contribution in [0, 0.1) is 5.92 Å². The Labute approximate surface area is 126 Å². The zero-order valence-corrected chi connectivity index (χ0v) is 12.9. The Kier molecular flexibility index (Phi) is 5.55. The van der Waals surface area contributed by atoms with Gasteiger partial charge in [-0.1, -0.05) is 0 Å². The van der Waals surface area contributed by atoms with Gasteiger partial charge in [0.25, 0.3) is 0 Å². The summed E-state index contributed by atoms with van der Waals surface area (Å²) in [6.07, 6.45) is 3.73. The quantitative estimate of drug-likeness (QED) is 0.726. The Balaban J connectivity index is 1.96. The maximum Gasteiger partial charge on any atom is 0.231 e. The van der Waals surface area contributed by atoms with Crippen LogP contribution in [0.4, 0.5) is 17.8 Å². The van der Waals surface area contributed by atoms with Gasteiger partial charge in [-0.25, -0.2) is 0 Å². The zero-order chi connectivity index (χ0) is 15.2. The first-order chi connectivity index (χ1) is 10.1. The number of aliphatic hydroxyl groups excluding tert-OH is 1. The summed E-state index contributed by atoms with van der Waals surface area (Å²) >= 11 is 0. The summed E-state index contributed by atoms with van der Waals surface area (Å²) in [5, 5.41) is 12.8. The van der Waals surface area contributed by atoms with Crippen LogP contribution in [0.5, 0.6) is 0 Å². The van der Waals surface area contributed by atoms with Crippen LogP contribution in [-0.2, 0) is 0 Å². The van der Waals surface area contributed by atoms with Gasteiger partial charge in [-0.2, -0.15) is 15.0 Å². The molecule has 0 aromatic carbocycles. The second kappa shape index (κ2) is 7.40. The molecule has 0 radical (unpaired) electrons. The maximum atomic E-state index is 9.52. The molecule has 7 nitrogen and oxygen atoms in total. The van der Waals surface area contributed by atoms with E-state index in [1.165, 1.54) is 0 Å². The fraction of sp³-hybridized carbons (Fsp3) is 0.786. The van der Waals surface area contributed by atoms with E-state index in [1.54, 1.807) is 0 Å². The van der Waals surface area contributed by atoms with Crippen molar-refractivity contribution in [3.8, 4) is 0 Å². The highest BCUT2D eigenvalue weighted by Crippen LogP contribution is 2.24. The van der Waals surface area contributed by atoms with E-state index in [9.17, 15) is 5.11 Å². The van der Waals surface area contributed by atoms with E-state index < -0.39 is 0 Å². The van der Waals surface area contributed by atoms with Gasteiger partial charge in [0, 0.05) is 19.6 Å². The summed E-state index contributed by atoms with van der Waals surface area (Å²) in [5.41, 5.74) is 5.77.